The number of carbonyl (C=O) groups is 1. The van der Waals surface area contributed by atoms with E-state index in [1.807, 2.05) is 0 Å². The summed E-state index contributed by atoms with van der Waals surface area (Å²) < 4.78 is 57.4. The molecule has 1 amide bonds. The van der Waals surface area contributed by atoms with Crippen LogP contribution in [0.1, 0.15) is 15.9 Å². The van der Waals surface area contributed by atoms with Crippen molar-refractivity contribution in [3.63, 3.8) is 0 Å². The standard InChI is InChI=1S/C19H21F2NO5S/c1-26-12-13-28(24,25)17-8-4-15(5-9-17)18(23)22-11-10-14-2-6-16(7-3-14)27-19(20)21/h2-9,19H,10-13H2,1H3,(H,22,23). The number of nitrogens with one attached hydrogen (secondary N) is 1. The van der Waals surface area contributed by atoms with Crippen molar-refractivity contribution in [1.82, 2.24) is 5.32 Å². The van der Waals surface area contributed by atoms with E-state index in [1.54, 1.807) is 12.1 Å². The van der Waals surface area contributed by atoms with Crippen molar-refractivity contribution in [2.45, 2.75) is 17.9 Å². The number of hydrogen-bond acceptors (Lipinski definition) is 5. The molecule has 2 aromatic rings. The Labute approximate surface area is 162 Å². The van der Waals surface area contributed by atoms with Crippen LogP contribution in [0.3, 0.4) is 0 Å². The number of methoxy groups -OCH3 is 1. The van der Waals surface area contributed by atoms with E-state index in [0.29, 0.717) is 18.5 Å². The molecule has 9 heteroatoms. The van der Waals surface area contributed by atoms with Crippen LogP contribution in [0, 0.1) is 0 Å². The van der Waals surface area contributed by atoms with Crippen LogP contribution in [-0.4, -0.2) is 47.0 Å². The van der Waals surface area contributed by atoms with E-state index < -0.39 is 16.4 Å². The molecule has 152 valence electrons. The van der Waals surface area contributed by atoms with Gasteiger partial charge in [0.25, 0.3) is 5.91 Å². The summed E-state index contributed by atoms with van der Waals surface area (Å²) >= 11 is 0. The fraction of sp³-hybridized carbons (Fsp3) is 0.316. The molecule has 1 N–H and O–H groups in total. The first-order valence-corrected chi connectivity index (χ1v) is 10.1. The van der Waals surface area contributed by atoms with Crippen molar-refractivity contribution in [1.29, 1.82) is 0 Å². The van der Waals surface area contributed by atoms with Gasteiger partial charge in [0.1, 0.15) is 5.75 Å². The van der Waals surface area contributed by atoms with Crippen LogP contribution in [0.15, 0.2) is 53.4 Å². The van der Waals surface area contributed by atoms with Crippen molar-refractivity contribution >= 4 is 15.7 Å². The molecule has 0 aliphatic heterocycles. The molecule has 0 aliphatic rings. The molecule has 28 heavy (non-hydrogen) atoms. The zero-order valence-electron chi connectivity index (χ0n) is 15.2. The summed E-state index contributed by atoms with van der Waals surface area (Å²) in [4.78, 5) is 12.3. The highest BCUT2D eigenvalue weighted by Gasteiger charge is 2.15. The second kappa shape index (κ2) is 10.1. The molecule has 2 rings (SSSR count). The Hall–Kier alpha value is -2.52. The predicted molar refractivity (Wildman–Crippen MR) is 99.5 cm³/mol. The first-order valence-electron chi connectivity index (χ1n) is 8.45. The minimum Gasteiger partial charge on any atom is -0.435 e. The summed E-state index contributed by atoms with van der Waals surface area (Å²) in [5, 5.41) is 2.73. The fourth-order valence-corrected chi connectivity index (χ4v) is 3.56. The van der Waals surface area contributed by atoms with Crippen LogP contribution in [0.5, 0.6) is 5.75 Å². The number of ether oxygens (including phenoxy) is 2. The van der Waals surface area contributed by atoms with E-state index in [-0.39, 0.29) is 28.9 Å². The number of alkyl halides is 2. The van der Waals surface area contributed by atoms with Crippen molar-refractivity contribution in [2.24, 2.45) is 0 Å². The maximum Gasteiger partial charge on any atom is 0.387 e. The van der Waals surface area contributed by atoms with Gasteiger partial charge in [0, 0.05) is 19.2 Å². The van der Waals surface area contributed by atoms with Gasteiger partial charge < -0.3 is 14.8 Å². The van der Waals surface area contributed by atoms with Gasteiger partial charge in [-0.1, -0.05) is 12.1 Å². The third-order valence-corrected chi connectivity index (χ3v) is 5.57. The molecule has 0 spiro atoms. The lowest BCUT2D eigenvalue weighted by molar-refractivity contribution is -0.0498. The SMILES string of the molecule is COCCS(=O)(=O)c1ccc(C(=O)NCCc2ccc(OC(F)F)cc2)cc1. The third-order valence-electron chi connectivity index (χ3n) is 3.88. The van der Waals surface area contributed by atoms with Gasteiger partial charge >= 0.3 is 6.61 Å². The van der Waals surface area contributed by atoms with Gasteiger partial charge in [0.05, 0.1) is 17.3 Å². The van der Waals surface area contributed by atoms with Crippen molar-refractivity contribution in [2.75, 3.05) is 26.0 Å². The van der Waals surface area contributed by atoms with Crippen LogP contribution in [0.25, 0.3) is 0 Å². The molecule has 0 bridgehead atoms. The van der Waals surface area contributed by atoms with Crippen LogP contribution >= 0.6 is 0 Å². The quantitative estimate of drug-likeness (QED) is 0.648. The van der Waals surface area contributed by atoms with Gasteiger partial charge in [-0.25, -0.2) is 8.42 Å². The van der Waals surface area contributed by atoms with Gasteiger partial charge in [-0.3, -0.25) is 4.79 Å². The van der Waals surface area contributed by atoms with Gasteiger partial charge in [-0.2, -0.15) is 8.78 Å². The Bertz CT molecular complexity index is 868. The summed E-state index contributed by atoms with van der Waals surface area (Å²) in [5.74, 6) is -0.391. The number of rotatable bonds is 10. The van der Waals surface area contributed by atoms with E-state index in [2.05, 4.69) is 10.1 Å². The van der Waals surface area contributed by atoms with E-state index in [4.69, 9.17) is 4.74 Å². The first kappa shape index (κ1) is 21.8. The second-order valence-electron chi connectivity index (χ2n) is 5.86. The lowest BCUT2D eigenvalue weighted by Gasteiger charge is -2.08. The summed E-state index contributed by atoms with van der Waals surface area (Å²) in [6, 6.07) is 11.8. The highest BCUT2D eigenvalue weighted by atomic mass is 32.2. The molecule has 6 nitrogen and oxygen atoms in total. The molecule has 0 atom stereocenters. The van der Waals surface area contributed by atoms with Crippen LogP contribution in [0.2, 0.25) is 0 Å². The number of benzene rings is 2. The first-order chi connectivity index (χ1) is 13.3. The summed E-state index contributed by atoms with van der Waals surface area (Å²) in [6.07, 6.45) is 0.504. The molecule has 0 saturated heterocycles. The van der Waals surface area contributed by atoms with Crippen molar-refractivity contribution < 1.29 is 31.5 Å². The van der Waals surface area contributed by atoms with Gasteiger partial charge in [0.15, 0.2) is 9.84 Å². The number of halogens is 2. The topological polar surface area (TPSA) is 81.7 Å². The lowest BCUT2D eigenvalue weighted by atomic mass is 10.1. The normalized spacial score (nSPS) is 11.4. The number of carbonyl (C=O) groups excluding carboxylic acids is 1. The molecule has 0 unspecified atom stereocenters. The number of amides is 1. The van der Waals surface area contributed by atoms with E-state index in [9.17, 15) is 22.0 Å². The summed E-state index contributed by atoms with van der Waals surface area (Å²) in [5.41, 5.74) is 1.19. The van der Waals surface area contributed by atoms with Crippen LogP contribution < -0.4 is 10.1 Å². The van der Waals surface area contributed by atoms with Gasteiger partial charge in [0.2, 0.25) is 0 Å². The smallest absolute Gasteiger partial charge is 0.387 e. The molecular formula is C19H21F2NO5S. The van der Waals surface area contributed by atoms with Gasteiger partial charge in [-0.05, 0) is 48.4 Å². The molecule has 0 fully saturated rings. The maximum absolute atomic E-state index is 12.2. The molecular weight excluding hydrogens is 392 g/mol. The van der Waals surface area contributed by atoms with E-state index in [0.717, 1.165) is 5.56 Å². The van der Waals surface area contributed by atoms with Crippen molar-refractivity contribution in [3.8, 4) is 5.75 Å². The molecule has 0 aromatic heterocycles. The summed E-state index contributed by atoms with van der Waals surface area (Å²) in [7, 11) is -2.02. The molecule has 2 aromatic carbocycles. The third kappa shape index (κ3) is 6.58. The molecule has 0 saturated carbocycles. The Morgan fingerprint density at radius 1 is 1.07 bits per heavy atom. The highest BCUT2D eigenvalue weighted by Crippen LogP contribution is 2.15. The summed E-state index contributed by atoms with van der Waals surface area (Å²) in [6.45, 7) is -2.44. The Morgan fingerprint density at radius 2 is 1.71 bits per heavy atom. The highest BCUT2D eigenvalue weighted by molar-refractivity contribution is 7.91. The lowest BCUT2D eigenvalue weighted by Crippen LogP contribution is -2.25. The largest absolute Gasteiger partial charge is 0.435 e. The monoisotopic (exact) mass is 413 g/mol. The zero-order chi connectivity index (χ0) is 20.6. The van der Waals surface area contributed by atoms with Gasteiger partial charge in [-0.15, -0.1) is 0 Å². The fourth-order valence-electron chi connectivity index (χ4n) is 2.38. The Morgan fingerprint density at radius 3 is 2.29 bits per heavy atom. The van der Waals surface area contributed by atoms with Crippen LogP contribution in [-0.2, 0) is 21.0 Å². The molecule has 0 aliphatic carbocycles. The van der Waals surface area contributed by atoms with E-state index >= 15 is 0 Å². The predicted octanol–water partition coefficient (Wildman–Crippen LogP) is 2.68. The van der Waals surface area contributed by atoms with Crippen LogP contribution in [0.4, 0.5) is 8.78 Å². The average Bonchev–Trinajstić information content (AvgIpc) is 2.67. The minimum absolute atomic E-state index is 0.0725. The molecule has 0 heterocycles. The Kier molecular flexibility index (Phi) is 7.89. The number of hydrogen-bond donors (Lipinski definition) is 1. The number of sulfone groups is 1. The van der Waals surface area contributed by atoms with Crippen molar-refractivity contribution in [3.05, 3.63) is 59.7 Å². The maximum atomic E-state index is 12.2. The van der Waals surface area contributed by atoms with E-state index in [1.165, 1.54) is 43.5 Å². The molecule has 0 radical (unpaired) electrons. The minimum atomic E-state index is -3.44. The Balaban J connectivity index is 1.86. The zero-order valence-corrected chi connectivity index (χ0v) is 16.0. The average molecular weight is 413 g/mol. The second-order valence-corrected chi connectivity index (χ2v) is 7.97.